The third-order valence-electron chi connectivity index (χ3n) is 1.80. The molecule has 3 N–H and O–H groups in total. The number of rotatable bonds is 3. The zero-order chi connectivity index (χ0) is 9.84. The first-order valence-corrected chi connectivity index (χ1v) is 4.74. The van der Waals surface area contributed by atoms with Crippen LogP contribution in [0.5, 0.6) is 11.5 Å². The maximum Gasteiger partial charge on any atom is 0.162 e. The number of nitrogens with two attached hydrogens (primary N) is 1. The standard InChI is InChI=1S/C9H12BrNO2/c1-13-8-3-2-7(10)6(4-5-11)9(8)12/h2-3,12H,4-5,11H2,1H3. The van der Waals surface area contributed by atoms with Crippen molar-refractivity contribution in [2.24, 2.45) is 5.73 Å². The molecule has 13 heavy (non-hydrogen) atoms. The first-order valence-electron chi connectivity index (χ1n) is 3.95. The molecule has 0 unspecified atom stereocenters. The Bertz CT molecular complexity index is 302. The molecule has 0 fully saturated rings. The molecule has 0 aliphatic carbocycles. The summed E-state index contributed by atoms with van der Waals surface area (Å²) in [5, 5.41) is 9.69. The Morgan fingerprint density at radius 1 is 1.54 bits per heavy atom. The Balaban J connectivity index is 3.13. The highest BCUT2D eigenvalue weighted by molar-refractivity contribution is 9.10. The number of methoxy groups -OCH3 is 1. The number of halogens is 1. The maximum atomic E-state index is 9.69. The van der Waals surface area contributed by atoms with Crippen LogP contribution in [-0.4, -0.2) is 18.8 Å². The smallest absolute Gasteiger partial charge is 0.162 e. The van der Waals surface area contributed by atoms with Crippen LogP contribution in [0.25, 0.3) is 0 Å². The van der Waals surface area contributed by atoms with Crippen LogP contribution in [0.2, 0.25) is 0 Å². The Morgan fingerprint density at radius 2 is 2.23 bits per heavy atom. The van der Waals surface area contributed by atoms with Gasteiger partial charge in [-0.25, -0.2) is 0 Å². The van der Waals surface area contributed by atoms with E-state index < -0.39 is 0 Å². The molecular weight excluding hydrogens is 234 g/mol. The van der Waals surface area contributed by atoms with Gasteiger partial charge < -0.3 is 15.6 Å². The topological polar surface area (TPSA) is 55.5 Å². The molecule has 0 aliphatic rings. The lowest BCUT2D eigenvalue weighted by molar-refractivity contribution is 0.370. The van der Waals surface area contributed by atoms with E-state index in [2.05, 4.69) is 15.9 Å². The average Bonchev–Trinajstić information content (AvgIpc) is 2.12. The summed E-state index contributed by atoms with van der Waals surface area (Å²) in [6.07, 6.45) is 0.629. The van der Waals surface area contributed by atoms with Gasteiger partial charge >= 0.3 is 0 Å². The van der Waals surface area contributed by atoms with E-state index in [0.717, 1.165) is 10.0 Å². The van der Waals surface area contributed by atoms with Gasteiger partial charge in [0.05, 0.1) is 7.11 Å². The van der Waals surface area contributed by atoms with E-state index in [1.807, 2.05) is 6.07 Å². The fourth-order valence-corrected chi connectivity index (χ4v) is 1.66. The molecule has 0 aliphatic heterocycles. The van der Waals surface area contributed by atoms with Crippen molar-refractivity contribution in [2.45, 2.75) is 6.42 Å². The minimum atomic E-state index is 0.169. The number of hydrogen-bond donors (Lipinski definition) is 2. The summed E-state index contributed by atoms with van der Waals surface area (Å²) < 4.78 is 5.83. The molecule has 0 bridgehead atoms. The number of phenolic OH excluding ortho intramolecular Hbond substituents is 1. The van der Waals surface area contributed by atoms with Crippen LogP contribution in [0.4, 0.5) is 0 Å². The molecule has 0 atom stereocenters. The summed E-state index contributed by atoms with van der Waals surface area (Å²) in [6.45, 7) is 0.499. The Kier molecular flexibility index (Phi) is 3.57. The van der Waals surface area contributed by atoms with Crippen LogP contribution < -0.4 is 10.5 Å². The van der Waals surface area contributed by atoms with E-state index in [1.165, 1.54) is 7.11 Å². The molecule has 0 heterocycles. The summed E-state index contributed by atoms with van der Waals surface area (Å²) in [6, 6.07) is 3.54. The quantitative estimate of drug-likeness (QED) is 0.852. The second kappa shape index (κ2) is 4.48. The second-order valence-electron chi connectivity index (χ2n) is 2.62. The van der Waals surface area contributed by atoms with Crippen LogP contribution in [0.15, 0.2) is 16.6 Å². The van der Waals surface area contributed by atoms with E-state index in [-0.39, 0.29) is 5.75 Å². The van der Waals surface area contributed by atoms with Crippen LogP contribution >= 0.6 is 15.9 Å². The summed E-state index contributed by atoms with van der Waals surface area (Å²) >= 11 is 3.34. The van der Waals surface area contributed by atoms with Crippen LogP contribution in [0, 0.1) is 0 Å². The fraction of sp³-hybridized carbons (Fsp3) is 0.333. The lowest BCUT2D eigenvalue weighted by Gasteiger charge is -2.09. The Labute approximate surface area is 85.6 Å². The number of phenols is 1. The predicted octanol–water partition coefficient (Wildman–Crippen LogP) is 1.66. The van der Waals surface area contributed by atoms with Gasteiger partial charge in [-0.05, 0) is 25.1 Å². The predicted molar refractivity (Wildman–Crippen MR) is 55.1 cm³/mol. The largest absolute Gasteiger partial charge is 0.504 e. The highest BCUT2D eigenvalue weighted by Crippen LogP contribution is 2.34. The van der Waals surface area contributed by atoms with Gasteiger partial charge in [-0.3, -0.25) is 0 Å². The summed E-state index contributed by atoms with van der Waals surface area (Å²) in [5.41, 5.74) is 6.21. The second-order valence-corrected chi connectivity index (χ2v) is 3.47. The van der Waals surface area contributed by atoms with E-state index in [9.17, 15) is 5.11 Å². The number of ether oxygens (including phenoxy) is 1. The normalized spacial score (nSPS) is 10.1. The summed E-state index contributed by atoms with van der Waals surface area (Å²) in [7, 11) is 1.52. The zero-order valence-electron chi connectivity index (χ0n) is 7.38. The molecule has 4 heteroatoms. The monoisotopic (exact) mass is 245 g/mol. The lowest BCUT2D eigenvalue weighted by atomic mass is 10.1. The first kappa shape index (κ1) is 10.3. The van der Waals surface area contributed by atoms with Gasteiger partial charge in [-0.15, -0.1) is 0 Å². The SMILES string of the molecule is COc1ccc(Br)c(CCN)c1O. The number of hydrogen-bond acceptors (Lipinski definition) is 3. The van der Waals surface area contributed by atoms with Crippen molar-refractivity contribution in [2.75, 3.05) is 13.7 Å². The number of benzene rings is 1. The van der Waals surface area contributed by atoms with Gasteiger partial charge in [0.1, 0.15) is 0 Å². The molecule has 0 spiro atoms. The van der Waals surface area contributed by atoms with Crippen LogP contribution in [0.3, 0.4) is 0 Å². The highest BCUT2D eigenvalue weighted by atomic mass is 79.9. The van der Waals surface area contributed by atoms with Gasteiger partial charge in [0, 0.05) is 10.0 Å². The Morgan fingerprint density at radius 3 is 2.77 bits per heavy atom. The van der Waals surface area contributed by atoms with Crippen molar-refractivity contribution in [1.82, 2.24) is 0 Å². The van der Waals surface area contributed by atoms with Crippen molar-refractivity contribution >= 4 is 15.9 Å². The molecule has 1 rings (SSSR count). The number of aromatic hydroxyl groups is 1. The van der Waals surface area contributed by atoms with E-state index in [4.69, 9.17) is 10.5 Å². The summed E-state index contributed by atoms with van der Waals surface area (Å²) in [5.74, 6) is 0.647. The van der Waals surface area contributed by atoms with Crippen LogP contribution in [-0.2, 0) is 6.42 Å². The fourth-order valence-electron chi connectivity index (χ4n) is 1.14. The molecule has 3 nitrogen and oxygen atoms in total. The molecule has 0 aromatic heterocycles. The lowest BCUT2D eigenvalue weighted by Crippen LogP contribution is -2.04. The van der Waals surface area contributed by atoms with Crippen molar-refractivity contribution < 1.29 is 9.84 Å². The molecule has 1 aromatic carbocycles. The average molecular weight is 246 g/mol. The first-order chi connectivity index (χ1) is 6.20. The molecule has 0 saturated carbocycles. The van der Waals surface area contributed by atoms with Crippen LogP contribution in [0.1, 0.15) is 5.56 Å². The van der Waals surface area contributed by atoms with Gasteiger partial charge in [0.25, 0.3) is 0 Å². The zero-order valence-corrected chi connectivity index (χ0v) is 8.97. The van der Waals surface area contributed by atoms with Crippen molar-refractivity contribution in [3.8, 4) is 11.5 Å². The van der Waals surface area contributed by atoms with Gasteiger partial charge in [0.15, 0.2) is 11.5 Å². The van der Waals surface area contributed by atoms with E-state index in [0.29, 0.717) is 18.7 Å². The van der Waals surface area contributed by atoms with Crippen molar-refractivity contribution in [3.63, 3.8) is 0 Å². The molecule has 0 radical (unpaired) electrons. The van der Waals surface area contributed by atoms with Gasteiger partial charge in [-0.1, -0.05) is 15.9 Å². The molecule has 0 saturated heterocycles. The molecule has 1 aromatic rings. The maximum absolute atomic E-state index is 9.69. The molecular formula is C9H12BrNO2. The molecule has 72 valence electrons. The van der Waals surface area contributed by atoms with E-state index in [1.54, 1.807) is 6.07 Å². The third kappa shape index (κ3) is 2.14. The van der Waals surface area contributed by atoms with Gasteiger partial charge in [-0.2, -0.15) is 0 Å². The summed E-state index contributed by atoms with van der Waals surface area (Å²) in [4.78, 5) is 0. The highest BCUT2D eigenvalue weighted by Gasteiger charge is 2.10. The van der Waals surface area contributed by atoms with Gasteiger partial charge in [0.2, 0.25) is 0 Å². The Hall–Kier alpha value is -0.740. The minimum Gasteiger partial charge on any atom is -0.504 e. The van der Waals surface area contributed by atoms with Crippen molar-refractivity contribution in [3.05, 3.63) is 22.2 Å². The minimum absolute atomic E-state index is 0.169. The van der Waals surface area contributed by atoms with Crippen molar-refractivity contribution in [1.29, 1.82) is 0 Å². The molecule has 0 amide bonds. The third-order valence-corrected chi connectivity index (χ3v) is 2.55. The van der Waals surface area contributed by atoms with E-state index >= 15 is 0 Å².